The Labute approximate surface area is 166 Å². The number of halogens is 1. The molecule has 0 saturated heterocycles. The van der Waals surface area contributed by atoms with Gasteiger partial charge in [-0.1, -0.05) is 52.3 Å². The Balaban J connectivity index is 2.03. The zero-order valence-corrected chi connectivity index (χ0v) is 16.3. The predicted molar refractivity (Wildman–Crippen MR) is 111 cm³/mol. The normalized spacial score (nSPS) is 11.1. The molecule has 0 spiro atoms. The zero-order chi connectivity index (χ0) is 19.2. The molecule has 3 rings (SSSR count). The summed E-state index contributed by atoms with van der Waals surface area (Å²) in [5, 5.41) is 14.2. The molecule has 0 unspecified atom stereocenters. The number of hydrogen-bond acceptors (Lipinski definition) is 3. The van der Waals surface area contributed by atoms with Crippen LogP contribution in [0.25, 0.3) is 16.8 Å². The number of hydrogen-bond donors (Lipinski definition) is 1. The van der Waals surface area contributed by atoms with Gasteiger partial charge in [0, 0.05) is 15.7 Å². The third-order valence-corrected chi connectivity index (χ3v) is 4.46. The monoisotopic (exact) mass is 420 g/mol. The number of rotatable bonds is 5. The van der Waals surface area contributed by atoms with Gasteiger partial charge in [0.25, 0.3) is 5.91 Å². The quantitative estimate of drug-likeness (QED) is 0.434. The topological polar surface area (TPSA) is 62.1 Å². The summed E-state index contributed by atoms with van der Waals surface area (Å²) in [5.41, 5.74) is 1.33. The van der Waals surface area contributed by atoms with Crippen molar-refractivity contribution in [3.05, 3.63) is 76.3 Å². The first-order valence-corrected chi connectivity index (χ1v) is 9.25. The Morgan fingerprint density at radius 1 is 1.19 bits per heavy atom. The zero-order valence-electron chi connectivity index (χ0n) is 14.7. The van der Waals surface area contributed by atoms with Gasteiger partial charge in [0.2, 0.25) is 0 Å². The van der Waals surface area contributed by atoms with Crippen molar-refractivity contribution in [3.63, 3.8) is 0 Å². The highest BCUT2D eigenvalue weighted by atomic mass is 79.9. The van der Waals surface area contributed by atoms with Gasteiger partial charge in [-0.25, -0.2) is 0 Å². The van der Waals surface area contributed by atoms with Crippen LogP contribution in [0.1, 0.15) is 12.5 Å². The van der Waals surface area contributed by atoms with Crippen molar-refractivity contribution in [2.45, 2.75) is 6.92 Å². The Morgan fingerprint density at radius 2 is 2.00 bits per heavy atom. The Kier molecular flexibility index (Phi) is 5.90. The standard InChI is InChI=1S/C22H17BrN2O2/c1-2-27-21-11-10-15-6-3-4-9-19(15)20(21)12-16(14-24)22(26)25-18-8-5-7-17(23)13-18/h3-13H,2H2,1H3,(H,25,26)/b16-12-. The molecule has 134 valence electrons. The van der Waals surface area contributed by atoms with Gasteiger partial charge in [0.1, 0.15) is 17.4 Å². The van der Waals surface area contributed by atoms with Gasteiger partial charge in [-0.05, 0) is 48.0 Å². The van der Waals surface area contributed by atoms with E-state index < -0.39 is 5.91 Å². The molecule has 3 aromatic rings. The molecule has 1 amide bonds. The Morgan fingerprint density at radius 3 is 2.74 bits per heavy atom. The maximum Gasteiger partial charge on any atom is 0.266 e. The Bertz CT molecular complexity index is 1070. The number of amides is 1. The number of carbonyl (C=O) groups is 1. The van der Waals surface area contributed by atoms with Crippen LogP contribution in [0.3, 0.4) is 0 Å². The number of nitrogens with one attached hydrogen (secondary N) is 1. The number of nitriles is 1. The molecule has 4 nitrogen and oxygen atoms in total. The maximum atomic E-state index is 12.6. The smallest absolute Gasteiger partial charge is 0.266 e. The molecule has 0 aliphatic rings. The van der Waals surface area contributed by atoms with E-state index in [9.17, 15) is 10.1 Å². The summed E-state index contributed by atoms with van der Waals surface area (Å²) in [4.78, 5) is 12.6. The first-order valence-electron chi connectivity index (χ1n) is 8.45. The molecule has 27 heavy (non-hydrogen) atoms. The highest BCUT2D eigenvalue weighted by Crippen LogP contribution is 2.30. The lowest BCUT2D eigenvalue weighted by atomic mass is 10.0. The van der Waals surface area contributed by atoms with E-state index in [1.807, 2.05) is 61.5 Å². The molecule has 0 radical (unpaired) electrons. The third kappa shape index (κ3) is 4.36. The minimum Gasteiger partial charge on any atom is -0.493 e. The van der Waals surface area contributed by atoms with Crippen LogP contribution in [0.5, 0.6) is 5.75 Å². The van der Waals surface area contributed by atoms with Crippen LogP contribution in [0.15, 0.2) is 70.7 Å². The fraction of sp³-hybridized carbons (Fsp3) is 0.0909. The molecule has 0 bridgehead atoms. The first-order chi connectivity index (χ1) is 13.1. The lowest BCUT2D eigenvalue weighted by Gasteiger charge is -2.11. The summed E-state index contributed by atoms with van der Waals surface area (Å²) < 4.78 is 6.56. The van der Waals surface area contributed by atoms with E-state index in [-0.39, 0.29) is 5.57 Å². The fourth-order valence-electron chi connectivity index (χ4n) is 2.76. The molecule has 1 N–H and O–H groups in total. The van der Waals surface area contributed by atoms with Crippen molar-refractivity contribution < 1.29 is 9.53 Å². The molecular weight excluding hydrogens is 404 g/mol. The van der Waals surface area contributed by atoms with Crippen LogP contribution < -0.4 is 10.1 Å². The van der Waals surface area contributed by atoms with Crippen LogP contribution in [0.2, 0.25) is 0 Å². The van der Waals surface area contributed by atoms with Gasteiger partial charge < -0.3 is 10.1 Å². The van der Waals surface area contributed by atoms with Crippen LogP contribution in [0, 0.1) is 11.3 Å². The molecule has 0 aromatic heterocycles. The van der Waals surface area contributed by atoms with Crippen molar-refractivity contribution >= 4 is 44.4 Å². The van der Waals surface area contributed by atoms with Gasteiger partial charge in [0.15, 0.2) is 0 Å². The van der Waals surface area contributed by atoms with Crippen molar-refractivity contribution in [1.29, 1.82) is 5.26 Å². The number of nitrogens with zero attached hydrogens (tertiary/aromatic N) is 1. The number of ether oxygens (including phenoxy) is 1. The van der Waals surface area contributed by atoms with E-state index in [4.69, 9.17) is 4.74 Å². The second-order valence-electron chi connectivity index (χ2n) is 5.77. The molecule has 0 aliphatic heterocycles. The lowest BCUT2D eigenvalue weighted by molar-refractivity contribution is -0.112. The molecule has 0 aliphatic carbocycles. The van der Waals surface area contributed by atoms with Crippen LogP contribution >= 0.6 is 15.9 Å². The molecule has 3 aromatic carbocycles. The average Bonchev–Trinajstić information content (AvgIpc) is 2.67. The van der Waals surface area contributed by atoms with E-state index in [0.717, 1.165) is 20.8 Å². The summed E-state index contributed by atoms with van der Waals surface area (Å²) >= 11 is 3.37. The molecule has 0 saturated carbocycles. The van der Waals surface area contributed by atoms with Gasteiger partial charge >= 0.3 is 0 Å². The highest BCUT2D eigenvalue weighted by molar-refractivity contribution is 9.10. The van der Waals surface area contributed by atoms with Gasteiger partial charge in [0.05, 0.1) is 6.61 Å². The second kappa shape index (κ2) is 8.52. The van der Waals surface area contributed by atoms with Crippen molar-refractivity contribution in [1.82, 2.24) is 0 Å². The number of benzene rings is 3. The molecule has 0 fully saturated rings. The van der Waals surface area contributed by atoms with E-state index in [1.165, 1.54) is 0 Å². The molecular formula is C22H17BrN2O2. The minimum absolute atomic E-state index is 0.00674. The van der Waals surface area contributed by atoms with Gasteiger partial charge in [-0.15, -0.1) is 0 Å². The minimum atomic E-state index is -0.467. The van der Waals surface area contributed by atoms with Crippen LogP contribution in [0.4, 0.5) is 5.69 Å². The Hall–Kier alpha value is -3.10. The fourth-order valence-corrected chi connectivity index (χ4v) is 3.16. The predicted octanol–water partition coefficient (Wildman–Crippen LogP) is 5.55. The van der Waals surface area contributed by atoms with E-state index in [2.05, 4.69) is 21.2 Å². The van der Waals surface area contributed by atoms with Gasteiger partial charge in [-0.3, -0.25) is 4.79 Å². The van der Waals surface area contributed by atoms with E-state index in [0.29, 0.717) is 18.0 Å². The molecule has 0 atom stereocenters. The highest BCUT2D eigenvalue weighted by Gasteiger charge is 2.13. The first kappa shape index (κ1) is 18.7. The van der Waals surface area contributed by atoms with Crippen LogP contribution in [-0.2, 0) is 4.79 Å². The molecule has 0 heterocycles. The van der Waals surface area contributed by atoms with Crippen molar-refractivity contribution in [2.24, 2.45) is 0 Å². The summed E-state index contributed by atoms with van der Waals surface area (Å²) in [6, 6.07) is 20.8. The number of carbonyl (C=O) groups excluding carboxylic acids is 1. The summed E-state index contributed by atoms with van der Waals surface area (Å²) in [6.45, 7) is 2.39. The second-order valence-corrected chi connectivity index (χ2v) is 6.68. The van der Waals surface area contributed by atoms with Crippen molar-refractivity contribution in [2.75, 3.05) is 11.9 Å². The lowest BCUT2D eigenvalue weighted by Crippen LogP contribution is -2.13. The van der Waals surface area contributed by atoms with E-state index in [1.54, 1.807) is 18.2 Å². The average molecular weight is 421 g/mol. The summed E-state index contributed by atoms with van der Waals surface area (Å²) in [6.07, 6.45) is 1.58. The number of fused-ring (bicyclic) bond motifs is 1. The summed E-state index contributed by atoms with van der Waals surface area (Å²) in [7, 11) is 0. The van der Waals surface area contributed by atoms with Crippen molar-refractivity contribution in [3.8, 4) is 11.8 Å². The van der Waals surface area contributed by atoms with Crippen LogP contribution in [-0.4, -0.2) is 12.5 Å². The maximum absolute atomic E-state index is 12.6. The summed E-state index contributed by atoms with van der Waals surface area (Å²) in [5.74, 6) is 0.171. The number of anilines is 1. The third-order valence-electron chi connectivity index (χ3n) is 3.97. The SMILES string of the molecule is CCOc1ccc2ccccc2c1/C=C(/C#N)C(=O)Nc1cccc(Br)c1. The largest absolute Gasteiger partial charge is 0.493 e. The van der Waals surface area contributed by atoms with Gasteiger partial charge in [-0.2, -0.15) is 5.26 Å². The van der Waals surface area contributed by atoms with E-state index >= 15 is 0 Å². The molecule has 5 heteroatoms.